The maximum absolute atomic E-state index is 12.4. The Morgan fingerprint density at radius 1 is 1.20 bits per heavy atom. The number of hydrogen-bond acceptors (Lipinski definition) is 7. The van der Waals surface area contributed by atoms with Crippen LogP contribution in [0.25, 0.3) is 0 Å². The normalized spacial score (nSPS) is 21.2. The number of carbonyl (C=O) groups excluding carboxylic acids is 2. The molecule has 1 aliphatic carbocycles. The Morgan fingerprint density at radius 2 is 1.96 bits per heavy atom. The van der Waals surface area contributed by atoms with Gasteiger partial charge in [0.25, 0.3) is 0 Å². The lowest BCUT2D eigenvalue weighted by molar-refractivity contribution is -0.136. The van der Waals surface area contributed by atoms with Crippen molar-refractivity contribution >= 4 is 45.9 Å². The van der Waals surface area contributed by atoms with Gasteiger partial charge in [-0.05, 0) is 25.0 Å². The van der Waals surface area contributed by atoms with Crippen molar-refractivity contribution in [3.05, 3.63) is 17.8 Å². The smallest absolute Gasteiger partial charge is 0.242 e. The van der Waals surface area contributed by atoms with Gasteiger partial charge in [-0.3, -0.25) is 14.5 Å². The second-order valence-electron chi connectivity index (χ2n) is 6.49. The van der Waals surface area contributed by atoms with Gasteiger partial charge >= 0.3 is 0 Å². The monoisotopic (exact) mass is 377 g/mol. The highest BCUT2D eigenvalue weighted by Crippen LogP contribution is 2.38. The van der Waals surface area contributed by atoms with E-state index >= 15 is 0 Å². The largest absolute Gasteiger partial charge is 0.352 e. The SMILES string of the molecule is O=C(CN1C(=O)CSC1=S)N1CCN(c2ccc(C3CC3)nn2)CC1. The fraction of sp³-hybridized carbons (Fsp3) is 0.562. The summed E-state index contributed by atoms with van der Waals surface area (Å²) >= 11 is 6.45. The Kier molecular flexibility index (Phi) is 4.60. The number of nitrogens with zero attached hydrogens (tertiary/aromatic N) is 5. The van der Waals surface area contributed by atoms with E-state index in [2.05, 4.69) is 21.2 Å². The first-order valence-corrected chi connectivity index (χ1v) is 9.84. The minimum atomic E-state index is -0.0759. The van der Waals surface area contributed by atoms with Gasteiger partial charge in [-0.25, -0.2) is 0 Å². The zero-order chi connectivity index (χ0) is 17.4. The van der Waals surface area contributed by atoms with Crippen LogP contribution in [0, 0.1) is 0 Å². The van der Waals surface area contributed by atoms with Crippen molar-refractivity contribution in [3.8, 4) is 0 Å². The second-order valence-corrected chi connectivity index (χ2v) is 8.10. The van der Waals surface area contributed by atoms with E-state index in [4.69, 9.17) is 12.2 Å². The van der Waals surface area contributed by atoms with Crippen LogP contribution < -0.4 is 4.90 Å². The summed E-state index contributed by atoms with van der Waals surface area (Å²) in [5, 5.41) is 8.66. The molecule has 0 aromatic carbocycles. The molecule has 2 aliphatic heterocycles. The average molecular weight is 377 g/mol. The molecular formula is C16H19N5O2S2. The summed E-state index contributed by atoms with van der Waals surface area (Å²) in [6, 6.07) is 4.09. The van der Waals surface area contributed by atoms with Crippen LogP contribution in [0.3, 0.4) is 0 Å². The predicted octanol–water partition coefficient (Wildman–Crippen LogP) is 0.863. The predicted molar refractivity (Wildman–Crippen MR) is 99.6 cm³/mol. The fourth-order valence-corrected chi connectivity index (χ4v) is 4.12. The average Bonchev–Trinajstić information content (AvgIpc) is 3.44. The number of piperazine rings is 1. The van der Waals surface area contributed by atoms with Crippen LogP contribution in [-0.4, -0.2) is 74.6 Å². The molecule has 3 fully saturated rings. The number of thioether (sulfide) groups is 1. The first-order valence-electron chi connectivity index (χ1n) is 8.45. The lowest BCUT2D eigenvalue weighted by Gasteiger charge is -2.35. The molecule has 0 radical (unpaired) electrons. The van der Waals surface area contributed by atoms with Gasteiger partial charge in [0.15, 0.2) is 5.82 Å². The Labute approximate surface area is 155 Å². The van der Waals surface area contributed by atoms with Crippen LogP contribution in [0.15, 0.2) is 12.1 Å². The summed E-state index contributed by atoms with van der Waals surface area (Å²) in [5.74, 6) is 1.69. The molecule has 132 valence electrons. The molecular weight excluding hydrogens is 358 g/mol. The Hall–Kier alpha value is -1.74. The molecule has 4 rings (SSSR count). The van der Waals surface area contributed by atoms with Crippen LogP contribution in [-0.2, 0) is 9.59 Å². The summed E-state index contributed by atoms with van der Waals surface area (Å²) in [4.78, 5) is 29.5. The summed E-state index contributed by atoms with van der Waals surface area (Å²) in [6.45, 7) is 2.73. The van der Waals surface area contributed by atoms with E-state index < -0.39 is 0 Å². The highest BCUT2D eigenvalue weighted by molar-refractivity contribution is 8.23. The third-order valence-electron chi connectivity index (χ3n) is 4.76. The number of aromatic nitrogens is 2. The molecule has 7 nitrogen and oxygen atoms in total. The van der Waals surface area contributed by atoms with Crippen LogP contribution in [0.4, 0.5) is 5.82 Å². The quantitative estimate of drug-likeness (QED) is 0.721. The summed E-state index contributed by atoms with van der Waals surface area (Å²) in [6.07, 6.45) is 2.44. The van der Waals surface area contributed by atoms with Gasteiger partial charge in [-0.1, -0.05) is 24.0 Å². The van der Waals surface area contributed by atoms with E-state index in [1.165, 1.54) is 29.5 Å². The maximum Gasteiger partial charge on any atom is 0.242 e. The highest BCUT2D eigenvalue weighted by atomic mass is 32.2. The van der Waals surface area contributed by atoms with Crippen molar-refractivity contribution in [1.29, 1.82) is 0 Å². The van der Waals surface area contributed by atoms with Gasteiger partial charge in [0, 0.05) is 32.1 Å². The molecule has 0 atom stereocenters. The molecule has 3 aliphatic rings. The number of amides is 2. The third kappa shape index (κ3) is 3.62. The molecule has 3 heterocycles. The van der Waals surface area contributed by atoms with E-state index in [-0.39, 0.29) is 18.4 Å². The minimum absolute atomic E-state index is 0.0481. The van der Waals surface area contributed by atoms with E-state index in [9.17, 15) is 9.59 Å². The van der Waals surface area contributed by atoms with E-state index in [0.717, 1.165) is 24.6 Å². The Balaban J connectivity index is 1.30. The summed E-state index contributed by atoms with van der Waals surface area (Å²) in [5.41, 5.74) is 1.08. The van der Waals surface area contributed by atoms with Gasteiger partial charge in [0.2, 0.25) is 11.8 Å². The molecule has 0 bridgehead atoms. The number of rotatable bonds is 4. The number of hydrogen-bond donors (Lipinski definition) is 0. The lowest BCUT2D eigenvalue weighted by atomic mass is 10.2. The van der Waals surface area contributed by atoms with Gasteiger partial charge in [0.05, 0.1) is 11.4 Å². The zero-order valence-corrected chi connectivity index (χ0v) is 15.4. The summed E-state index contributed by atoms with van der Waals surface area (Å²) < 4.78 is 0.503. The fourth-order valence-electron chi connectivity index (χ4n) is 3.06. The van der Waals surface area contributed by atoms with Crippen molar-refractivity contribution in [2.45, 2.75) is 18.8 Å². The van der Waals surface area contributed by atoms with Crippen LogP contribution in [0.5, 0.6) is 0 Å². The first-order chi connectivity index (χ1) is 12.1. The molecule has 9 heteroatoms. The van der Waals surface area contributed by atoms with Crippen molar-refractivity contribution < 1.29 is 9.59 Å². The number of carbonyl (C=O) groups is 2. The molecule has 0 spiro atoms. The topological polar surface area (TPSA) is 69.6 Å². The highest BCUT2D eigenvalue weighted by Gasteiger charge is 2.31. The first kappa shape index (κ1) is 16.7. The molecule has 2 amide bonds. The zero-order valence-electron chi connectivity index (χ0n) is 13.8. The maximum atomic E-state index is 12.4. The van der Waals surface area contributed by atoms with Crippen LogP contribution >= 0.6 is 24.0 Å². The third-order valence-corrected chi connectivity index (χ3v) is 6.19. The number of anilines is 1. The second kappa shape index (κ2) is 6.87. The molecule has 0 N–H and O–H groups in total. The lowest BCUT2D eigenvalue weighted by Crippen LogP contribution is -2.52. The van der Waals surface area contributed by atoms with Crippen molar-refractivity contribution in [2.24, 2.45) is 0 Å². The van der Waals surface area contributed by atoms with E-state index in [0.29, 0.717) is 29.1 Å². The van der Waals surface area contributed by atoms with Gasteiger partial charge in [-0.2, -0.15) is 5.10 Å². The molecule has 25 heavy (non-hydrogen) atoms. The van der Waals surface area contributed by atoms with E-state index in [1.807, 2.05) is 6.07 Å². The van der Waals surface area contributed by atoms with Gasteiger partial charge in [0.1, 0.15) is 10.9 Å². The molecule has 1 saturated carbocycles. The van der Waals surface area contributed by atoms with Gasteiger partial charge in [-0.15, -0.1) is 5.10 Å². The van der Waals surface area contributed by atoms with Crippen molar-refractivity contribution in [1.82, 2.24) is 20.0 Å². The van der Waals surface area contributed by atoms with Crippen LogP contribution in [0.2, 0.25) is 0 Å². The molecule has 1 aromatic rings. The standard InChI is InChI=1S/C16H19N5O2S2/c22-14(9-21-15(23)10-25-16(21)24)20-7-5-19(6-8-20)13-4-3-12(17-18-13)11-1-2-11/h3-4,11H,1-2,5-10H2. The molecule has 0 unspecified atom stereocenters. The van der Waals surface area contributed by atoms with Crippen molar-refractivity contribution in [2.75, 3.05) is 43.4 Å². The molecule has 2 saturated heterocycles. The Bertz CT molecular complexity index is 683. The van der Waals surface area contributed by atoms with Crippen LogP contribution in [0.1, 0.15) is 24.5 Å². The summed E-state index contributed by atoms with van der Waals surface area (Å²) in [7, 11) is 0. The van der Waals surface area contributed by atoms with E-state index in [1.54, 1.807) is 4.90 Å². The number of thiocarbonyl (C=S) groups is 1. The van der Waals surface area contributed by atoms with Crippen molar-refractivity contribution in [3.63, 3.8) is 0 Å². The Morgan fingerprint density at radius 3 is 2.52 bits per heavy atom. The minimum Gasteiger partial charge on any atom is -0.352 e. The van der Waals surface area contributed by atoms with Gasteiger partial charge < -0.3 is 9.80 Å². The molecule has 1 aromatic heterocycles.